The molecule has 2 heterocycles. The summed E-state index contributed by atoms with van der Waals surface area (Å²) in [5, 5.41) is 11.2. The first kappa shape index (κ1) is 20.1. The standard InChI is InChI=1S/C23H25NO3S/c1-23(2,22(25)26)12-6-7-13-27-21-16-18(17-9-4-3-5-10-17)15-19(24-21)20-11-8-14-28-20/h3-5,8-11,14-16H,6-7,12-13H2,1-2H3,(H,25,26). The van der Waals surface area contributed by atoms with Crippen LogP contribution in [0.15, 0.2) is 60.0 Å². The maximum atomic E-state index is 11.2. The lowest BCUT2D eigenvalue weighted by molar-refractivity contribution is -0.147. The van der Waals surface area contributed by atoms with Crippen molar-refractivity contribution in [2.45, 2.75) is 33.1 Å². The minimum Gasteiger partial charge on any atom is -0.481 e. The number of nitrogens with zero attached hydrogens (tertiary/aromatic N) is 1. The summed E-state index contributed by atoms with van der Waals surface area (Å²) in [7, 11) is 0. The second kappa shape index (κ2) is 9.02. The Morgan fingerprint density at radius 1 is 1.07 bits per heavy atom. The summed E-state index contributed by atoms with van der Waals surface area (Å²) in [5.41, 5.74) is 2.40. The highest BCUT2D eigenvalue weighted by atomic mass is 32.1. The van der Waals surface area contributed by atoms with E-state index in [4.69, 9.17) is 4.74 Å². The Morgan fingerprint density at radius 3 is 2.54 bits per heavy atom. The number of carboxylic acids is 1. The van der Waals surface area contributed by atoms with Crippen LogP contribution in [-0.4, -0.2) is 22.7 Å². The van der Waals surface area contributed by atoms with Gasteiger partial charge in [-0.2, -0.15) is 0 Å². The number of rotatable bonds is 9. The van der Waals surface area contributed by atoms with Crippen LogP contribution in [0.4, 0.5) is 0 Å². The molecule has 3 aromatic rings. The number of unbranched alkanes of at least 4 members (excludes halogenated alkanes) is 1. The third-order valence-corrected chi connectivity index (χ3v) is 5.60. The first-order chi connectivity index (χ1) is 13.5. The molecule has 28 heavy (non-hydrogen) atoms. The minimum absolute atomic E-state index is 0.519. The van der Waals surface area contributed by atoms with Gasteiger partial charge in [-0.25, -0.2) is 4.98 Å². The molecular weight excluding hydrogens is 370 g/mol. The van der Waals surface area contributed by atoms with Crippen LogP contribution in [0.1, 0.15) is 33.1 Å². The number of ether oxygens (including phenoxy) is 1. The summed E-state index contributed by atoms with van der Waals surface area (Å²) in [4.78, 5) is 17.0. The minimum atomic E-state index is -0.758. The Morgan fingerprint density at radius 2 is 1.86 bits per heavy atom. The van der Waals surface area contributed by atoms with Gasteiger partial charge in [-0.15, -0.1) is 11.3 Å². The fourth-order valence-electron chi connectivity index (χ4n) is 2.88. The number of carboxylic acid groups (broad SMARTS) is 1. The number of thiophene rings is 1. The number of aromatic nitrogens is 1. The Labute approximate surface area is 169 Å². The van der Waals surface area contributed by atoms with Crippen LogP contribution in [0.25, 0.3) is 21.7 Å². The lowest BCUT2D eigenvalue weighted by atomic mass is 9.87. The van der Waals surface area contributed by atoms with Gasteiger partial charge in [-0.1, -0.05) is 36.4 Å². The van der Waals surface area contributed by atoms with Gasteiger partial charge in [-0.3, -0.25) is 4.79 Å². The van der Waals surface area contributed by atoms with Crippen molar-refractivity contribution in [1.82, 2.24) is 4.98 Å². The predicted octanol–water partition coefficient (Wildman–Crippen LogP) is 6.14. The van der Waals surface area contributed by atoms with Crippen LogP contribution in [0, 0.1) is 5.41 Å². The second-order valence-corrected chi connectivity index (χ2v) is 8.36. The first-order valence-electron chi connectivity index (χ1n) is 9.43. The molecule has 4 nitrogen and oxygen atoms in total. The van der Waals surface area contributed by atoms with Crippen molar-refractivity contribution in [3.05, 3.63) is 60.0 Å². The van der Waals surface area contributed by atoms with Gasteiger partial charge in [-0.05, 0) is 61.7 Å². The molecule has 2 aromatic heterocycles. The van der Waals surface area contributed by atoms with Crippen LogP contribution >= 0.6 is 11.3 Å². The Hall–Kier alpha value is -2.66. The highest BCUT2D eigenvalue weighted by Crippen LogP contribution is 2.31. The monoisotopic (exact) mass is 395 g/mol. The lowest BCUT2D eigenvalue weighted by Gasteiger charge is -2.18. The molecule has 0 saturated heterocycles. The van der Waals surface area contributed by atoms with E-state index < -0.39 is 11.4 Å². The SMILES string of the molecule is CC(C)(CCCCOc1cc(-c2ccccc2)cc(-c2cccs2)n1)C(=O)O. The molecule has 0 spiro atoms. The summed E-state index contributed by atoms with van der Waals surface area (Å²) < 4.78 is 5.93. The van der Waals surface area contributed by atoms with E-state index in [0.717, 1.165) is 34.5 Å². The fourth-order valence-corrected chi connectivity index (χ4v) is 3.57. The molecule has 0 bridgehead atoms. The van der Waals surface area contributed by atoms with E-state index in [1.807, 2.05) is 35.7 Å². The quantitative estimate of drug-likeness (QED) is 0.442. The molecule has 1 N–H and O–H groups in total. The van der Waals surface area contributed by atoms with Gasteiger partial charge in [0.25, 0.3) is 0 Å². The predicted molar refractivity (Wildman–Crippen MR) is 114 cm³/mol. The number of carbonyl (C=O) groups is 1. The first-order valence-corrected chi connectivity index (χ1v) is 10.3. The van der Waals surface area contributed by atoms with Crippen LogP contribution < -0.4 is 4.74 Å². The highest BCUT2D eigenvalue weighted by Gasteiger charge is 2.26. The van der Waals surface area contributed by atoms with Gasteiger partial charge >= 0.3 is 5.97 Å². The third kappa shape index (κ3) is 5.20. The summed E-state index contributed by atoms with van der Waals surface area (Å²) in [5.74, 6) is -0.159. The zero-order valence-corrected chi connectivity index (χ0v) is 17.0. The van der Waals surface area contributed by atoms with E-state index in [1.165, 1.54) is 0 Å². The molecule has 0 aliphatic rings. The summed E-state index contributed by atoms with van der Waals surface area (Å²) in [6.07, 6.45) is 2.22. The van der Waals surface area contributed by atoms with Gasteiger partial charge in [0, 0.05) is 6.07 Å². The van der Waals surface area contributed by atoms with E-state index in [1.54, 1.807) is 25.2 Å². The normalized spacial score (nSPS) is 11.4. The average Bonchev–Trinajstić information content (AvgIpc) is 3.23. The third-order valence-electron chi connectivity index (χ3n) is 4.71. The second-order valence-electron chi connectivity index (χ2n) is 7.42. The van der Waals surface area contributed by atoms with E-state index in [9.17, 15) is 9.90 Å². The summed E-state index contributed by atoms with van der Waals surface area (Å²) in [6, 6.07) is 18.3. The molecular formula is C23H25NO3S. The lowest BCUT2D eigenvalue weighted by Crippen LogP contribution is -2.23. The van der Waals surface area contributed by atoms with E-state index in [2.05, 4.69) is 29.2 Å². The zero-order valence-electron chi connectivity index (χ0n) is 16.2. The molecule has 1 aromatic carbocycles. The van der Waals surface area contributed by atoms with Gasteiger partial charge < -0.3 is 9.84 Å². The number of aliphatic carboxylic acids is 1. The molecule has 146 valence electrons. The smallest absolute Gasteiger partial charge is 0.309 e. The van der Waals surface area contributed by atoms with Crippen LogP contribution in [-0.2, 0) is 4.79 Å². The molecule has 0 aliphatic carbocycles. The molecule has 5 heteroatoms. The number of benzene rings is 1. The van der Waals surface area contributed by atoms with Crippen LogP contribution in [0.5, 0.6) is 5.88 Å². The van der Waals surface area contributed by atoms with Crippen molar-refractivity contribution < 1.29 is 14.6 Å². The maximum Gasteiger partial charge on any atom is 0.309 e. The van der Waals surface area contributed by atoms with Crippen molar-refractivity contribution in [2.75, 3.05) is 6.61 Å². The topological polar surface area (TPSA) is 59.4 Å². The van der Waals surface area contributed by atoms with Gasteiger partial charge in [0.15, 0.2) is 0 Å². The van der Waals surface area contributed by atoms with Crippen LogP contribution in [0.3, 0.4) is 0 Å². The van der Waals surface area contributed by atoms with E-state index in [0.29, 0.717) is 18.9 Å². The Bertz CT molecular complexity index is 905. The molecule has 0 unspecified atom stereocenters. The summed E-state index contributed by atoms with van der Waals surface area (Å²) >= 11 is 1.65. The van der Waals surface area contributed by atoms with Crippen molar-refractivity contribution in [1.29, 1.82) is 0 Å². The molecule has 0 saturated carbocycles. The number of hydrogen-bond donors (Lipinski definition) is 1. The van der Waals surface area contributed by atoms with Gasteiger partial charge in [0.1, 0.15) is 0 Å². The van der Waals surface area contributed by atoms with Crippen molar-refractivity contribution in [3.8, 4) is 27.6 Å². The maximum absolute atomic E-state index is 11.2. The molecule has 0 amide bonds. The molecule has 0 atom stereocenters. The van der Waals surface area contributed by atoms with Crippen molar-refractivity contribution >= 4 is 17.3 Å². The molecule has 0 aliphatic heterocycles. The summed E-state index contributed by atoms with van der Waals surface area (Å²) in [6.45, 7) is 4.04. The molecule has 3 rings (SSSR count). The van der Waals surface area contributed by atoms with Crippen molar-refractivity contribution in [3.63, 3.8) is 0 Å². The fraction of sp³-hybridized carbons (Fsp3) is 0.304. The zero-order chi connectivity index (χ0) is 20.0. The van der Waals surface area contributed by atoms with E-state index in [-0.39, 0.29) is 0 Å². The molecule has 0 fully saturated rings. The highest BCUT2D eigenvalue weighted by molar-refractivity contribution is 7.13. The van der Waals surface area contributed by atoms with Gasteiger partial charge in [0.05, 0.1) is 22.6 Å². The van der Waals surface area contributed by atoms with Gasteiger partial charge in [0.2, 0.25) is 5.88 Å². The van der Waals surface area contributed by atoms with Crippen LogP contribution in [0.2, 0.25) is 0 Å². The molecule has 0 radical (unpaired) electrons. The van der Waals surface area contributed by atoms with Crippen molar-refractivity contribution in [2.24, 2.45) is 5.41 Å². The number of hydrogen-bond acceptors (Lipinski definition) is 4. The number of pyridine rings is 1. The Kier molecular flexibility index (Phi) is 6.47. The largest absolute Gasteiger partial charge is 0.481 e. The Balaban J connectivity index is 1.70. The van der Waals surface area contributed by atoms with E-state index >= 15 is 0 Å². The average molecular weight is 396 g/mol.